The van der Waals surface area contributed by atoms with Crippen LogP contribution in [0, 0.1) is 5.92 Å². The molecule has 2 heterocycles. The third kappa shape index (κ3) is 4.13. The summed E-state index contributed by atoms with van der Waals surface area (Å²) in [5, 5.41) is 3.14. The first kappa shape index (κ1) is 12.6. The highest BCUT2D eigenvalue weighted by Crippen LogP contribution is 2.19. The highest BCUT2D eigenvalue weighted by Gasteiger charge is 2.16. The van der Waals surface area contributed by atoms with Crippen molar-refractivity contribution in [2.24, 2.45) is 5.92 Å². The lowest BCUT2D eigenvalue weighted by atomic mass is 9.97. The molecule has 4 heteroatoms. The van der Waals surface area contributed by atoms with Crippen LogP contribution in [0.1, 0.15) is 30.8 Å². The van der Waals surface area contributed by atoms with Gasteiger partial charge in [0.15, 0.2) is 5.89 Å². The Morgan fingerprint density at radius 2 is 2.24 bits per heavy atom. The predicted octanol–water partition coefficient (Wildman–Crippen LogP) is 1.80. The molecule has 17 heavy (non-hydrogen) atoms. The van der Waals surface area contributed by atoms with Crippen molar-refractivity contribution in [3.05, 3.63) is 17.8 Å². The molecule has 0 spiro atoms. The normalized spacial score (nSPS) is 17.5. The monoisotopic (exact) mass is 238 g/mol. The Bertz CT molecular complexity index is 319. The predicted molar refractivity (Wildman–Crippen MR) is 66.0 cm³/mol. The molecule has 1 aliphatic heterocycles. The number of rotatable bonds is 6. The highest BCUT2D eigenvalue weighted by atomic mass is 16.5. The van der Waals surface area contributed by atoms with Crippen molar-refractivity contribution < 1.29 is 9.15 Å². The van der Waals surface area contributed by atoms with Crippen molar-refractivity contribution in [3.63, 3.8) is 0 Å². The molecule has 1 aromatic rings. The van der Waals surface area contributed by atoms with Crippen LogP contribution in [0.2, 0.25) is 0 Å². The lowest BCUT2D eigenvalue weighted by Gasteiger charge is -2.20. The average Bonchev–Trinajstić information content (AvgIpc) is 2.79. The zero-order valence-corrected chi connectivity index (χ0v) is 10.6. The molecular formula is C13H22N2O2. The van der Waals surface area contributed by atoms with Crippen LogP contribution in [0.3, 0.4) is 0 Å². The van der Waals surface area contributed by atoms with Gasteiger partial charge in [-0.15, -0.1) is 0 Å². The molecule has 0 amide bonds. The lowest BCUT2D eigenvalue weighted by Crippen LogP contribution is -2.17. The second-order valence-electron chi connectivity index (χ2n) is 4.70. The molecule has 0 bridgehead atoms. The minimum atomic E-state index is 0.688. The summed E-state index contributed by atoms with van der Waals surface area (Å²) < 4.78 is 10.9. The minimum absolute atomic E-state index is 0.688. The van der Waals surface area contributed by atoms with E-state index in [1.807, 2.05) is 13.3 Å². The number of ether oxygens (including phenoxy) is 1. The van der Waals surface area contributed by atoms with E-state index in [4.69, 9.17) is 9.15 Å². The van der Waals surface area contributed by atoms with Crippen LogP contribution in [-0.4, -0.2) is 31.8 Å². The maximum atomic E-state index is 5.53. The fourth-order valence-electron chi connectivity index (χ4n) is 2.20. The second-order valence-corrected chi connectivity index (χ2v) is 4.70. The molecule has 1 saturated heterocycles. The van der Waals surface area contributed by atoms with Gasteiger partial charge in [0, 0.05) is 19.6 Å². The van der Waals surface area contributed by atoms with E-state index in [0.29, 0.717) is 5.92 Å². The number of hydrogen-bond donors (Lipinski definition) is 1. The van der Waals surface area contributed by atoms with Crippen LogP contribution < -0.4 is 5.32 Å². The zero-order valence-electron chi connectivity index (χ0n) is 10.6. The molecule has 0 unspecified atom stereocenters. The number of aryl methyl sites for hydroxylation is 1. The van der Waals surface area contributed by atoms with Gasteiger partial charge >= 0.3 is 0 Å². The Labute approximate surface area is 103 Å². The van der Waals surface area contributed by atoms with Crippen molar-refractivity contribution in [2.75, 3.05) is 26.8 Å². The van der Waals surface area contributed by atoms with E-state index in [9.17, 15) is 0 Å². The van der Waals surface area contributed by atoms with Crippen molar-refractivity contribution in [1.29, 1.82) is 0 Å². The molecule has 1 N–H and O–H groups in total. The summed E-state index contributed by atoms with van der Waals surface area (Å²) in [6, 6.07) is 0. The molecule has 1 aromatic heterocycles. The molecule has 0 aliphatic carbocycles. The first-order chi connectivity index (χ1) is 8.38. The standard InChI is InChI=1S/C13H22N2O2/c1-14-6-2-3-12-10-17-13(15-12)9-11-4-7-16-8-5-11/h10-11,14H,2-9H2,1H3. The van der Waals surface area contributed by atoms with Gasteiger partial charge < -0.3 is 14.5 Å². The van der Waals surface area contributed by atoms with Gasteiger partial charge in [-0.1, -0.05) is 0 Å². The van der Waals surface area contributed by atoms with E-state index in [2.05, 4.69) is 10.3 Å². The fraction of sp³-hybridized carbons (Fsp3) is 0.769. The Balaban J connectivity index is 1.76. The van der Waals surface area contributed by atoms with Crippen molar-refractivity contribution >= 4 is 0 Å². The molecule has 96 valence electrons. The third-order valence-electron chi connectivity index (χ3n) is 3.26. The SMILES string of the molecule is CNCCCc1coc(CC2CCOCC2)n1. The quantitative estimate of drug-likeness (QED) is 0.768. The summed E-state index contributed by atoms with van der Waals surface area (Å²) in [7, 11) is 1.97. The summed E-state index contributed by atoms with van der Waals surface area (Å²) in [5.74, 6) is 1.59. The van der Waals surface area contributed by atoms with Gasteiger partial charge in [-0.3, -0.25) is 0 Å². The van der Waals surface area contributed by atoms with Gasteiger partial charge in [-0.25, -0.2) is 4.98 Å². The first-order valence-corrected chi connectivity index (χ1v) is 6.54. The highest BCUT2D eigenvalue weighted by molar-refractivity contribution is 4.97. The third-order valence-corrected chi connectivity index (χ3v) is 3.26. The summed E-state index contributed by atoms with van der Waals surface area (Å²) in [6.45, 7) is 2.81. The topological polar surface area (TPSA) is 47.3 Å². The smallest absolute Gasteiger partial charge is 0.194 e. The average molecular weight is 238 g/mol. The van der Waals surface area contributed by atoms with Crippen LogP contribution in [-0.2, 0) is 17.6 Å². The Morgan fingerprint density at radius 1 is 1.41 bits per heavy atom. The van der Waals surface area contributed by atoms with Gasteiger partial charge in [-0.05, 0) is 45.2 Å². The van der Waals surface area contributed by atoms with E-state index >= 15 is 0 Å². The van der Waals surface area contributed by atoms with Gasteiger partial charge in [0.2, 0.25) is 0 Å². The van der Waals surface area contributed by atoms with E-state index < -0.39 is 0 Å². The molecule has 2 rings (SSSR count). The van der Waals surface area contributed by atoms with Gasteiger partial charge in [-0.2, -0.15) is 0 Å². The van der Waals surface area contributed by atoms with Crippen molar-refractivity contribution in [3.8, 4) is 0 Å². The minimum Gasteiger partial charge on any atom is -0.449 e. The summed E-state index contributed by atoms with van der Waals surface area (Å²) in [4.78, 5) is 4.54. The molecule has 0 radical (unpaired) electrons. The molecule has 4 nitrogen and oxygen atoms in total. The number of aromatic nitrogens is 1. The number of nitrogens with one attached hydrogen (secondary N) is 1. The van der Waals surface area contributed by atoms with E-state index in [-0.39, 0.29) is 0 Å². The Morgan fingerprint density at radius 3 is 3.00 bits per heavy atom. The molecular weight excluding hydrogens is 216 g/mol. The van der Waals surface area contributed by atoms with Gasteiger partial charge in [0.05, 0.1) is 5.69 Å². The van der Waals surface area contributed by atoms with Crippen molar-refractivity contribution in [2.45, 2.75) is 32.1 Å². The number of nitrogens with zero attached hydrogens (tertiary/aromatic N) is 1. The van der Waals surface area contributed by atoms with E-state index in [1.165, 1.54) is 0 Å². The summed E-state index contributed by atoms with van der Waals surface area (Å²) >= 11 is 0. The largest absolute Gasteiger partial charge is 0.449 e. The summed E-state index contributed by atoms with van der Waals surface area (Å²) in [5.41, 5.74) is 1.09. The molecule has 1 aliphatic rings. The maximum Gasteiger partial charge on any atom is 0.194 e. The fourth-order valence-corrected chi connectivity index (χ4v) is 2.20. The number of oxazole rings is 1. The van der Waals surface area contributed by atoms with Crippen LogP contribution in [0.15, 0.2) is 10.7 Å². The van der Waals surface area contributed by atoms with E-state index in [1.54, 1.807) is 0 Å². The molecule has 0 aromatic carbocycles. The van der Waals surface area contributed by atoms with Crippen LogP contribution >= 0.6 is 0 Å². The van der Waals surface area contributed by atoms with Crippen LogP contribution in [0.4, 0.5) is 0 Å². The molecule has 0 atom stereocenters. The van der Waals surface area contributed by atoms with Gasteiger partial charge in [0.25, 0.3) is 0 Å². The van der Waals surface area contributed by atoms with Crippen molar-refractivity contribution in [1.82, 2.24) is 10.3 Å². The second kappa shape index (κ2) is 6.77. The van der Waals surface area contributed by atoms with Crippen LogP contribution in [0.5, 0.6) is 0 Å². The molecule has 1 fully saturated rings. The first-order valence-electron chi connectivity index (χ1n) is 6.54. The maximum absolute atomic E-state index is 5.53. The van der Waals surface area contributed by atoms with Crippen LogP contribution in [0.25, 0.3) is 0 Å². The molecule has 0 saturated carbocycles. The lowest BCUT2D eigenvalue weighted by molar-refractivity contribution is 0.0647. The van der Waals surface area contributed by atoms with Gasteiger partial charge in [0.1, 0.15) is 6.26 Å². The Kier molecular flexibility index (Phi) is 5.01. The zero-order chi connectivity index (χ0) is 11.9. The Hall–Kier alpha value is -0.870. The number of hydrogen-bond acceptors (Lipinski definition) is 4. The van der Waals surface area contributed by atoms with E-state index in [0.717, 1.165) is 63.4 Å². The summed E-state index contributed by atoms with van der Waals surface area (Å²) in [6.07, 6.45) is 7.16.